The van der Waals surface area contributed by atoms with Gasteiger partial charge in [-0.25, -0.2) is 8.78 Å². The van der Waals surface area contributed by atoms with Crippen LogP contribution < -0.4 is 0 Å². The maximum atomic E-state index is 13.1. The first-order chi connectivity index (χ1) is 10.1. The summed E-state index contributed by atoms with van der Waals surface area (Å²) in [4.78, 5) is 4.40. The maximum absolute atomic E-state index is 13.1. The minimum atomic E-state index is -0.856. The Morgan fingerprint density at radius 2 is 1.48 bits per heavy atom. The molecule has 1 atom stereocenters. The third-order valence-corrected chi connectivity index (χ3v) is 3.87. The second-order valence-electron chi connectivity index (χ2n) is 5.41. The van der Waals surface area contributed by atoms with Crippen LogP contribution >= 0.6 is 0 Å². The van der Waals surface area contributed by atoms with Crippen LogP contribution in [0.3, 0.4) is 0 Å². The zero-order valence-electron chi connectivity index (χ0n) is 12.0. The number of rotatable bonds is 6. The van der Waals surface area contributed by atoms with Gasteiger partial charge < -0.3 is 15.1 Å². The van der Waals surface area contributed by atoms with Gasteiger partial charge in [0.25, 0.3) is 0 Å². The normalized spacial score (nSPS) is 18.9. The van der Waals surface area contributed by atoms with Crippen molar-refractivity contribution in [3.63, 3.8) is 0 Å². The Morgan fingerprint density at radius 3 is 2.00 bits per heavy atom. The summed E-state index contributed by atoms with van der Waals surface area (Å²) in [5.74, 6) is -1.33. The molecule has 0 radical (unpaired) electrons. The number of piperazine rings is 1. The fourth-order valence-electron chi connectivity index (χ4n) is 2.62. The third kappa shape index (κ3) is 5.00. The average molecular weight is 300 g/mol. The Labute approximate surface area is 123 Å². The van der Waals surface area contributed by atoms with E-state index in [1.54, 1.807) is 0 Å². The number of nitrogens with zero attached hydrogens (tertiary/aromatic N) is 2. The van der Waals surface area contributed by atoms with Crippen LogP contribution in [0.5, 0.6) is 0 Å². The van der Waals surface area contributed by atoms with Crippen LogP contribution in [0.4, 0.5) is 8.78 Å². The van der Waals surface area contributed by atoms with E-state index in [1.807, 2.05) is 0 Å². The van der Waals surface area contributed by atoms with Crippen molar-refractivity contribution in [3.05, 3.63) is 35.4 Å². The van der Waals surface area contributed by atoms with Crippen molar-refractivity contribution in [2.75, 3.05) is 45.9 Å². The van der Waals surface area contributed by atoms with E-state index in [0.717, 1.165) is 32.2 Å². The quantitative estimate of drug-likeness (QED) is 0.823. The number of aliphatic hydroxyl groups excluding tert-OH is 2. The Hall–Kier alpha value is -1.08. The Bertz CT molecular complexity index is 431. The Balaban J connectivity index is 1.78. The van der Waals surface area contributed by atoms with E-state index in [4.69, 9.17) is 5.11 Å². The second kappa shape index (κ2) is 7.79. The van der Waals surface area contributed by atoms with Crippen LogP contribution in [0.15, 0.2) is 18.2 Å². The van der Waals surface area contributed by atoms with Crippen molar-refractivity contribution in [2.24, 2.45) is 0 Å². The highest BCUT2D eigenvalue weighted by Crippen LogP contribution is 2.19. The molecule has 1 unspecified atom stereocenters. The number of β-amino-alcohol motifs (C(OH)–C–C–N with tert-alkyl or cyclic N) is 1. The molecule has 1 saturated heterocycles. The van der Waals surface area contributed by atoms with Gasteiger partial charge in [-0.3, -0.25) is 4.90 Å². The maximum Gasteiger partial charge on any atom is 0.126 e. The molecule has 2 N–H and O–H groups in total. The predicted octanol–water partition coefficient (Wildman–Crippen LogP) is 0.998. The van der Waals surface area contributed by atoms with Gasteiger partial charge in [-0.1, -0.05) is 0 Å². The number of hydrogen-bond acceptors (Lipinski definition) is 4. The molecule has 0 amide bonds. The molecule has 0 aromatic heterocycles. The van der Waals surface area contributed by atoms with E-state index in [0.29, 0.717) is 19.5 Å². The average Bonchev–Trinajstić information content (AvgIpc) is 2.45. The first-order valence-electron chi connectivity index (χ1n) is 7.28. The van der Waals surface area contributed by atoms with Crippen LogP contribution in [0.2, 0.25) is 0 Å². The fourth-order valence-corrected chi connectivity index (χ4v) is 2.62. The van der Waals surface area contributed by atoms with Gasteiger partial charge in [0.2, 0.25) is 0 Å². The Morgan fingerprint density at radius 1 is 0.952 bits per heavy atom. The predicted molar refractivity (Wildman–Crippen MR) is 75.9 cm³/mol. The summed E-state index contributed by atoms with van der Waals surface area (Å²) in [7, 11) is 0. The molecule has 21 heavy (non-hydrogen) atoms. The molecular weight excluding hydrogens is 278 g/mol. The highest BCUT2D eigenvalue weighted by atomic mass is 19.1. The number of halogens is 2. The summed E-state index contributed by atoms with van der Waals surface area (Å²) in [5.41, 5.74) is 0.284. The van der Waals surface area contributed by atoms with Gasteiger partial charge >= 0.3 is 0 Å². The Kier molecular flexibility index (Phi) is 6.05. The van der Waals surface area contributed by atoms with Gasteiger partial charge in [-0.2, -0.15) is 0 Å². The summed E-state index contributed by atoms with van der Waals surface area (Å²) in [6, 6.07) is 3.15. The number of aliphatic hydroxyl groups is 2. The van der Waals surface area contributed by atoms with Crippen LogP contribution in [0.25, 0.3) is 0 Å². The van der Waals surface area contributed by atoms with Gasteiger partial charge in [-0.15, -0.1) is 0 Å². The summed E-state index contributed by atoms with van der Waals surface area (Å²) >= 11 is 0. The van der Waals surface area contributed by atoms with Crippen LogP contribution in [0, 0.1) is 11.6 Å². The highest BCUT2D eigenvalue weighted by Gasteiger charge is 2.18. The van der Waals surface area contributed by atoms with E-state index in [2.05, 4.69) is 9.80 Å². The number of hydrogen-bond donors (Lipinski definition) is 2. The van der Waals surface area contributed by atoms with Crippen molar-refractivity contribution < 1.29 is 19.0 Å². The topological polar surface area (TPSA) is 46.9 Å². The lowest BCUT2D eigenvalue weighted by Crippen LogP contribution is -2.47. The number of benzene rings is 1. The summed E-state index contributed by atoms with van der Waals surface area (Å²) < 4.78 is 26.2. The molecule has 4 nitrogen and oxygen atoms in total. The summed E-state index contributed by atoms with van der Waals surface area (Å²) in [6.45, 7) is 5.10. The molecule has 0 spiro atoms. The van der Waals surface area contributed by atoms with E-state index in [-0.39, 0.29) is 12.2 Å². The van der Waals surface area contributed by atoms with Gasteiger partial charge in [0.05, 0.1) is 12.7 Å². The molecule has 6 heteroatoms. The molecule has 2 rings (SSSR count). The zero-order chi connectivity index (χ0) is 15.2. The van der Waals surface area contributed by atoms with Crippen molar-refractivity contribution in [2.45, 2.75) is 12.5 Å². The lowest BCUT2D eigenvalue weighted by molar-refractivity contribution is 0.0922. The lowest BCUT2D eigenvalue weighted by Gasteiger charge is -2.34. The van der Waals surface area contributed by atoms with Crippen LogP contribution in [-0.2, 0) is 0 Å². The summed E-state index contributed by atoms with van der Waals surface area (Å²) in [6.07, 6.45) is -0.409. The molecule has 0 bridgehead atoms. The van der Waals surface area contributed by atoms with Crippen molar-refractivity contribution >= 4 is 0 Å². The van der Waals surface area contributed by atoms with Crippen molar-refractivity contribution in [3.8, 4) is 0 Å². The fraction of sp³-hybridized carbons (Fsp3) is 0.600. The molecule has 1 heterocycles. The third-order valence-electron chi connectivity index (χ3n) is 3.87. The largest absolute Gasteiger partial charge is 0.395 e. The van der Waals surface area contributed by atoms with E-state index in [1.165, 1.54) is 12.1 Å². The first-order valence-corrected chi connectivity index (χ1v) is 7.28. The smallest absolute Gasteiger partial charge is 0.126 e. The van der Waals surface area contributed by atoms with Gasteiger partial charge in [0.15, 0.2) is 0 Å². The molecular formula is C15H22F2N2O2. The monoisotopic (exact) mass is 300 g/mol. The van der Waals surface area contributed by atoms with Gasteiger partial charge in [0, 0.05) is 45.3 Å². The van der Waals surface area contributed by atoms with Crippen molar-refractivity contribution in [1.82, 2.24) is 9.80 Å². The summed E-state index contributed by atoms with van der Waals surface area (Å²) in [5, 5.41) is 18.9. The minimum Gasteiger partial charge on any atom is -0.395 e. The highest BCUT2D eigenvalue weighted by molar-refractivity contribution is 5.20. The molecule has 1 aliphatic heterocycles. The molecule has 1 fully saturated rings. The molecule has 0 saturated carbocycles. The van der Waals surface area contributed by atoms with E-state index in [9.17, 15) is 13.9 Å². The first kappa shape index (κ1) is 16.3. The van der Waals surface area contributed by atoms with Gasteiger partial charge in [-0.05, 0) is 24.1 Å². The SMILES string of the molecule is OCCN1CCN(CCC(O)c2cc(F)cc(F)c2)CC1. The molecule has 1 aromatic rings. The molecule has 1 aromatic carbocycles. The minimum absolute atomic E-state index is 0.170. The molecule has 118 valence electrons. The zero-order valence-corrected chi connectivity index (χ0v) is 12.0. The van der Waals surface area contributed by atoms with Gasteiger partial charge in [0.1, 0.15) is 11.6 Å². The lowest BCUT2D eigenvalue weighted by atomic mass is 10.1. The van der Waals surface area contributed by atoms with Crippen LogP contribution in [-0.4, -0.2) is 65.9 Å². The molecule has 1 aliphatic rings. The van der Waals surface area contributed by atoms with E-state index >= 15 is 0 Å². The second-order valence-corrected chi connectivity index (χ2v) is 5.41. The van der Waals surface area contributed by atoms with Crippen molar-refractivity contribution in [1.29, 1.82) is 0 Å². The van der Waals surface area contributed by atoms with Crippen LogP contribution in [0.1, 0.15) is 18.1 Å². The van der Waals surface area contributed by atoms with E-state index < -0.39 is 17.7 Å². The standard InChI is InChI=1S/C15H22F2N2O2/c16-13-9-12(10-14(17)11-13)15(21)1-2-18-3-5-19(6-4-18)7-8-20/h9-11,15,20-21H,1-8H2. The molecule has 0 aliphatic carbocycles.